The lowest BCUT2D eigenvalue weighted by Crippen LogP contribution is -2.37. The van der Waals surface area contributed by atoms with Crippen LogP contribution in [0.15, 0.2) is 0 Å². The van der Waals surface area contributed by atoms with E-state index in [0.717, 1.165) is 13.0 Å². The molecule has 0 bridgehead atoms. The lowest BCUT2D eigenvalue weighted by molar-refractivity contribution is -0.125. The number of carbonyl (C=O) groups excluding carboxylic acids is 1. The van der Waals surface area contributed by atoms with Crippen molar-refractivity contribution in [3.05, 3.63) is 0 Å². The molecule has 1 fully saturated rings. The molecule has 0 radical (unpaired) electrons. The quantitative estimate of drug-likeness (QED) is 0.447. The summed E-state index contributed by atoms with van der Waals surface area (Å²) in [7, 11) is 7.36. The third-order valence-electron chi connectivity index (χ3n) is 0.674. The fourth-order valence-electron chi connectivity index (χ4n) is 0.227. The van der Waals surface area contributed by atoms with Crippen LogP contribution in [0.4, 0.5) is 0 Å². The van der Waals surface area contributed by atoms with Crippen LogP contribution in [0.25, 0.3) is 0 Å². The second-order valence-electron chi connectivity index (χ2n) is 1.28. The SMILES string of the molecule is O=C1CCN1.O=S(Cl)Cl. The van der Waals surface area contributed by atoms with Crippen LogP contribution in [0.2, 0.25) is 0 Å². The van der Waals surface area contributed by atoms with E-state index in [1.165, 1.54) is 0 Å². The highest BCUT2D eigenvalue weighted by Gasteiger charge is 2.07. The summed E-state index contributed by atoms with van der Waals surface area (Å²) in [4.78, 5) is 9.79. The molecule has 0 aromatic carbocycles. The highest BCUT2D eigenvalue weighted by atomic mass is 36.0. The number of hydrogen-bond donors (Lipinski definition) is 1. The molecule has 0 saturated carbocycles. The molecule has 0 aliphatic carbocycles. The Bertz CT molecular complexity index is 119. The van der Waals surface area contributed by atoms with Crippen molar-refractivity contribution in [1.29, 1.82) is 0 Å². The molecular formula is C3H5Cl2NO2S. The van der Waals surface area contributed by atoms with Crippen molar-refractivity contribution in [2.24, 2.45) is 0 Å². The average molecular weight is 190 g/mol. The highest BCUT2D eigenvalue weighted by molar-refractivity contribution is 8.26. The largest absolute Gasteiger partial charge is 0.356 e. The maximum absolute atomic E-state index is 9.79. The van der Waals surface area contributed by atoms with Crippen molar-refractivity contribution >= 4 is 36.5 Å². The van der Waals surface area contributed by atoms with Crippen molar-refractivity contribution < 1.29 is 9.00 Å². The lowest BCUT2D eigenvalue weighted by Gasteiger charge is -2.10. The molecule has 3 nitrogen and oxygen atoms in total. The number of halogens is 2. The summed E-state index contributed by atoms with van der Waals surface area (Å²) < 4.78 is 9.09. The zero-order valence-electron chi connectivity index (χ0n) is 4.39. The Kier molecular flexibility index (Phi) is 5.13. The van der Waals surface area contributed by atoms with E-state index in [-0.39, 0.29) is 5.91 Å². The van der Waals surface area contributed by atoms with Gasteiger partial charge < -0.3 is 5.32 Å². The van der Waals surface area contributed by atoms with Crippen LogP contribution in [-0.2, 0) is 14.0 Å². The van der Waals surface area contributed by atoms with Gasteiger partial charge in [0.15, 0.2) is 0 Å². The van der Waals surface area contributed by atoms with Gasteiger partial charge in [0.2, 0.25) is 15.1 Å². The maximum Gasteiger partial charge on any atom is 0.221 e. The second-order valence-corrected chi connectivity index (χ2v) is 3.81. The van der Waals surface area contributed by atoms with Crippen molar-refractivity contribution in [1.82, 2.24) is 5.32 Å². The Morgan fingerprint density at radius 1 is 1.56 bits per heavy atom. The van der Waals surface area contributed by atoms with Gasteiger partial charge in [-0.15, -0.1) is 0 Å². The molecule has 0 aromatic heterocycles. The van der Waals surface area contributed by atoms with Crippen molar-refractivity contribution in [3.63, 3.8) is 0 Å². The van der Waals surface area contributed by atoms with Gasteiger partial charge >= 0.3 is 0 Å². The number of nitrogens with one attached hydrogen (secondary N) is 1. The third kappa shape index (κ3) is 8.20. The Hall–Kier alpha value is 0.200. The molecular weight excluding hydrogens is 185 g/mol. The first kappa shape index (κ1) is 9.20. The zero-order chi connectivity index (χ0) is 7.28. The first-order valence-electron chi connectivity index (χ1n) is 2.14. The van der Waals surface area contributed by atoms with E-state index >= 15 is 0 Å². The molecule has 1 aliphatic heterocycles. The summed E-state index contributed by atoms with van der Waals surface area (Å²) in [5.41, 5.74) is 0. The molecule has 6 heteroatoms. The zero-order valence-corrected chi connectivity index (χ0v) is 6.72. The van der Waals surface area contributed by atoms with Crippen LogP contribution >= 0.6 is 21.4 Å². The number of carbonyl (C=O) groups is 1. The Labute approximate surface area is 64.2 Å². The molecule has 9 heavy (non-hydrogen) atoms. The van der Waals surface area contributed by atoms with Gasteiger partial charge in [0.05, 0.1) is 0 Å². The van der Waals surface area contributed by atoms with E-state index in [1.54, 1.807) is 0 Å². The minimum atomic E-state index is -1.67. The summed E-state index contributed by atoms with van der Waals surface area (Å²) in [5, 5.41) is 2.57. The van der Waals surface area contributed by atoms with Crippen LogP contribution in [-0.4, -0.2) is 16.7 Å². The Balaban J connectivity index is 0.000000148. The molecule has 0 aromatic rings. The summed E-state index contributed by atoms with van der Waals surface area (Å²) in [5.74, 6) is 0.185. The third-order valence-corrected chi connectivity index (χ3v) is 0.674. The fraction of sp³-hybridized carbons (Fsp3) is 0.667. The monoisotopic (exact) mass is 189 g/mol. The summed E-state index contributed by atoms with van der Waals surface area (Å²) >= 11 is 0. The van der Waals surface area contributed by atoms with E-state index in [2.05, 4.69) is 26.7 Å². The van der Waals surface area contributed by atoms with E-state index in [4.69, 9.17) is 4.21 Å². The van der Waals surface area contributed by atoms with Gasteiger partial charge in [0.1, 0.15) is 0 Å². The molecule has 0 atom stereocenters. The molecule has 1 heterocycles. The van der Waals surface area contributed by atoms with Crippen molar-refractivity contribution in [3.8, 4) is 0 Å². The molecule has 1 amide bonds. The van der Waals surface area contributed by atoms with Gasteiger partial charge in [-0.3, -0.25) is 4.79 Å². The molecule has 1 aliphatic rings. The minimum absolute atomic E-state index is 0.185. The fourth-order valence-corrected chi connectivity index (χ4v) is 0.227. The first-order chi connectivity index (χ1) is 4.13. The van der Waals surface area contributed by atoms with Gasteiger partial charge in [-0.1, -0.05) is 0 Å². The first-order valence-corrected chi connectivity index (χ1v) is 4.94. The molecule has 1 rings (SSSR count). The lowest BCUT2D eigenvalue weighted by atomic mass is 10.3. The van der Waals surface area contributed by atoms with Gasteiger partial charge in [-0.25, -0.2) is 4.21 Å². The predicted octanol–water partition coefficient (Wildman–Crippen LogP) is 0.549. The number of β-lactam (4-membered cyclic amide) rings is 1. The van der Waals surface area contributed by atoms with Gasteiger partial charge in [0.25, 0.3) is 0 Å². The molecule has 1 N–H and O–H groups in total. The van der Waals surface area contributed by atoms with E-state index in [9.17, 15) is 4.79 Å². The van der Waals surface area contributed by atoms with E-state index < -0.39 is 9.23 Å². The van der Waals surface area contributed by atoms with Crippen LogP contribution in [0, 0.1) is 0 Å². The highest BCUT2D eigenvalue weighted by Crippen LogP contribution is 1.89. The van der Waals surface area contributed by atoms with Crippen LogP contribution in [0.1, 0.15) is 6.42 Å². The van der Waals surface area contributed by atoms with Gasteiger partial charge in [0, 0.05) is 34.3 Å². The van der Waals surface area contributed by atoms with Gasteiger partial charge in [-0.05, 0) is 0 Å². The summed E-state index contributed by atoms with van der Waals surface area (Å²) in [6.07, 6.45) is 0.736. The van der Waals surface area contributed by atoms with Crippen molar-refractivity contribution in [2.75, 3.05) is 6.54 Å². The molecule has 54 valence electrons. The van der Waals surface area contributed by atoms with Crippen LogP contribution in [0.3, 0.4) is 0 Å². The maximum atomic E-state index is 9.79. The topological polar surface area (TPSA) is 46.2 Å². The second kappa shape index (κ2) is 5.02. The van der Waals surface area contributed by atoms with Crippen LogP contribution < -0.4 is 5.32 Å². The number of rotatable bonds is 0. The Morgan fingerprint density at radius 3 is 1.78 bits per heavy atom. The summed E-state index contributed by atoms with van der Waals surface area (Å²) in [6.45, 7) is 0.888. The minimum Gasteiger partial charge on any atom is -0.356 e. The normalized spacial score (nSPS) is 15.2. The molecule has 0 unspecified atom stereocenters. The van der Waals surface area contributed by atoms with Crippen molar-refractivity contribution in [2.45, 2.75) is 6.42 Å². The van der Waals surface area contributed by atoms with E-state index in [0.29, 0.717) is 0 Å². The molecule has 1 saturated heterocycles. The number of hydrogen-bond acceptors (Lipinski definition) is 2. The smallest absolute Gasteiger partial charge is 0.221 e. The van der Waals surface area contributed by atoms with E-state index in [1.807, 2.05) is 0 Å². The predicted molar refractivity (Wildman–Crippen MR) is 37.5 cm³/mol. The number of amides is 1. The Morgan fingerprint density at radius 2 is 1.78 bits per heavy atom. The molecule has 0 spiro atoms. The average Bonchev–Trinajstić information content (AvgIpc) is 1.59. The summed E-state index contributed by atoms with van der Waals surface area (Å²) in [6, 6.07) is 0. The standard InChI is InChI=1S/C3H5NO.Cl2OS/c5-3-1-2-4-3;1-4(2)3/h1-2H2,(H,4,5);. The van der Waals surface area contributed by atoms with Crippen LogP contribution in [0.5, 0.6) is 0 Å². The van der Waals surface area contributed by atoms with Gasteiger partial charge in [-0.2, -0.15) is 0 Å².